The molecular weight excluding hydrogens is 286 g/mol. The highest BCUT2D eigenvalue weighted by atomic mass is 19.2. The van der Waals surface area contributed by atoms with Crippen LogP contribution in [-0.2, 0) is 0 Å². The van der Waals surface area contributed by atoms with Crippen LogP contribution in [-0.4, -0.2) is 7.11 Å². The van der Waals surface area contributed by atoms with E-state index in [9.17, 15) is 17.6 Å². The van der Waals surface area contributed by atoms with Gasteiger partial charge in [0, 0.05) is 12.1 Å². The lowest BCUT2D eigenvalue weighted by Gasteiger charge is -2.19. The maximum atomic E-state index is 13.9. The van der Waals surface area contributed by atoms with Crippen LogP contribution in [0, 0.1) is 23.3 Å². The van der Waals surface area contributed by atoms with Crippen LogP contribution < -0.4 is 10.1 Å². The second-order valence-electron chi connectivity index (χ2n) is 4.47. The van der Waals surface area contributed by atoms with Crippen molar-refractivity contribution < 1.29 is 22.3 Å². The van der Waals surface area contributed by atoms with Crippen LogP contribution in [0.3, 0.4) is 0 Å². The smallest absolute Gasteiger partial charge is 0.182 e. The molecule has 0 aliphatic carbocycles. The highest BCUT2D eigenvalue weighted by Crippen LogP contribution is 2.31. The van der Waals surface area contributed by atoms with Crippen LogP contribution in [0.2, 0.25) is 0 Å². The Bertz CT molecular complexity index is 660. The molecule has 0 amide bonds. The van der Waals surface area contributed by atoms with Gasteiger partial charge in [-0.05, 0) is 19.1 Å². The maximum Gasteiger partial charge on any atom is 0.182 e. The fourth-order valence-electron chi connectivity index (χ4n) is 2.08. The van der Waals surface area contributed by atoms with E-state index >= 15 is 0 Å². The number of hydrogen-bond acceptors (Lipinski definition) is 2. The molecule has 0 aliphatic rings. The minimum atomic E-state index is -1.31. The van der Waals surface area contributed by atoms with Crippen LogP contribution in [0.15, 0.2) is 30.3 Å². The minimum absolute atomic E-state index is 0.143. The predicted octanol–water partition coefficient (Wildman–Crippen LogP) is 4.42. The molecular formula is C15H13F4NO. The monoisotopic (exact) mass is 299 g/mol. The fraction of sp³-hybridized carbons (Fsp3) is 0.200. The van der Waals surface area contributed by atoms with Crippen molar-refractivity contribution in [3.8, 4) is 5.75 Å². The van der Waals surface area contributed by atoms with Crippen molar-refractivity contribution in [2.75, 3.05) is 12.4 Å². The van der Waals surface area contributed by atoms with Crippen LogP contribution >= 0.6 is 0 Å². The third kappa shape index (κ3) is 3.09. The highest BCUT2D eigenvalue weighted by Gasteiger charge is 2.19. The van der Waals surface area contributed by atoms with E-state index in [1.165, 1.54) is 26.2 Å². The standard InChI is InChI=1S/C15H13F4NO/c1-8(14-10(17)4-3-5-13(14)21-2)20-12-7-9(16)6-11(18)15(12)19/h3-8,20H,1-2H3. The van der Waals surface area contributed by atoms with Crippen LogP contribution in [0.5, 0.6) is 5.75 Å². The molecule has 0 saturated carbocycles. The van der Waals surface area contributed by atoms with E-state index in [-0.39, 0.29) is 17.0 Å². The van der Waals surface area contributed by atoms with Gasteiger partial charge in [-0.3, -0.25) is 0 Å². The number of halogens is 4. The Morgan fingerprint density at radius 2 is 1.76 bits per heavy atom. The molecule has 21 heavy (non-hydrogen) atoms. The summed E-state index contributed by atoms with van der Waals surface area (Å²) in [6.45, 7) is 1.53. The van der Waals surface area contributed by atoms with E-state index in [1.807, 2.05) is 0 Å². The van der Waals surface area contributed by atoms with Gasteiger partial charge < -0.3 is 10.1 Å². The third-order valence-electron chi connectivity index (χ3n) is 3.03. The Kier molecular flexibility index (Phi) is 4.35. The molecule has 2 nitrogen and oxygen atoms in total. The average molecular weight is 299 g/mol. The number of benzene rings is 2. The zero-order chi connectivity index (χ0) is 15.6. The maximum absolute atomic E-state index is 13.9. The molecule has 0 radical (unpaired) electrons. The van der Waals surface area contributed by atoms with Gasteiger partial charge in [-0.25, -0.2) is 17.6 Å². The van der Waals surface area contributed by atoms with Gasteiger partial charge in [0.2, 0.25) is 0 Å². The first-order valence-electron chi connectivity index (χ1n) is 6.17. The molecule has 2 aromatic carbocycles. The molecule has 0 aliphatic heterocycles. The zero-order valence-electron chi connectivity index (χ0n) is 11.4. The van der Waals surface area contributed by atoms with Crippen LogP contribution in [0.25, 0.3) is 0 Å². The number of ether oxygens (including phenoxy) is 1. The molecule has 0 heterocycles. The van der Waals surface area contributed by atoms with Crippen molar-refractivity contribution in [1.82, 2.24) is 0 Å². The molecule has 6 heteroatoms. The van der Waals surface area contributed by atoms with E-state index in [0.29, 0.717) is 6.07 Å². The summed E-state index contributed by atoms with van der Waals surface area (Å²) in [7, 11) is 1.37. The summed E-state index contributed by atoms with van der Waals surface area (Å²) in [5.74, 6) is -3.77. The second-order valence-corrected chi connectivity index (χ2v) is 4.47. The highest BCUT2D eigenvalue weighted by molar-refractivity contribution is 5.49. The molecule has 2 aromatic rings. The van der Waals surface area contributed by atoms with Gasteiger partial charge in [0.1, 0.15) is 17.4 Å². The van der Waals surface area contributed by atoms with Gasteiger partial charge in [0.05, 0.1) is 24.4 Å². The summed E-state index contributed by atoms with van der Waals surface area (Å²) in [6.07, 6.45) is 0. The predicted molar refractivity (Wildman–Crippen MR) is 71.3 cm³/mol. The molecule has 2 rings (SSSR count). The van der Waals surface area contributed by atoms with E-state index in [2.05, 4.69) is 5.32 Å². The number of methoxy groups -OCH3 is 1. The van der Waals surface area contributed by atoms with Crippen LogP contribution in [0.1, 0.15) is 18.5 Å². The first-order chi connectivity index (χ1) is 9.93. The van der Waals surface area contributed by atoms with E-state index in [1.54, 1.807) is 6.07 Å². The minimum Gasteiger partial charge on any atom is -0.496 e. The van der Waals surface area contributed by atoms with Crippen molar-refractivity contribution in [2.45, 2.75) is 13.0 Å². The number of anilines is 1. The Balaban J connectivity index is 2.37. The summed E-state index contributed by atoms with van der Waals surface area (Å²) in [5.41, 5.74) is -0.241. The lowest BCUT2D eigenvalue weighted by Crippen LogP contribution is -2.12. The quantitative estimate of drug-likeness (QED) is 0.666. The van der Waals surface area contributed by atoms with E-state index < -0.39 is 29.3 Å². The average Bonchev–Trinajstić information content (AvgIpc) is 2.43. The number of hydrogen-bond donors (Lipinski definition) is 1. The summed E-state index contributed by atoms with van der Waals surface area (Å²) in [5, 5.41) is 2.55. The zero-order valence-corrected chi connectivity index (χ0v) is 11.4. The Labute approximate surface area is 119 Å². The first-order valence-corrected chi connectivity index (χ1v) is 6.17. The molecule has 0 aromatic heterocycles. The van der Waals surface area contributed by atoms with Crippen molar-refractivity contribution in [2.24, 2.45) is 0 Å². The summed E-state index contributed by atoms with van der Waals surface area (Å²) < 4.78 is 58.8. The van der Waals surface area contributed by atoms with Crippen molar-refractivity contribution in [3.05, 3.63) is 59.2 Å². The van der Waals surface area contributed by atoms with Gasteiger partial charge in [-0.2, -0.15) is 0 Å². The number of rotatable bonds is 4. The third-order valence-corrected chi connectivity index (χ3v) is 3.03. The SMILES string of the molecule is COc1cccc(F)c1C(C)Nc1cc(F)cc(F)c1F. The lowest BCUT2D eigenvalue weighted by atomic mass is 10.1. The molecule has 0 saturated heterocycles. The van der Waals surface area contributed by atoms with E-state index in [0.717, 1.165) is 6.07 Å². The summed E-state index contributed by atoms with van der Waals surface area (Å²) in [4.78, 5) is 0. The number of nitrogens with one attached hydrogen (secondary N) is 1. The normalized spacial score (nSPS) is 12.1. The molecule has 1 unspecified atom stereocenters. The lowest BCUT2D eigenvalue weighted by molar-refractivity contribution is 0.402. The topological polar surface area (TPSA) is 21.3 Å². The molecule has 112 valence electrons. The van der Waals surface area contributed by atoms with E-state index in [4.69, 9.17) is 4.74 Å². The van der Waals surface area contributed by atoms with Crippen molar-refractivity contribution in [3.63, 3.8) is 0 Å². The first kappa shape index (κ1) is 15.2. The Morgan fingerprint density at radius 3 is 2.43 bits per heavy atom. The van der Waals surface area contributed by atoms with Gasteiger partial charge in [0.25, 0.3) is 0 Å². The summed E-state index contributed by atoms with van der Waals surface area (Å²) >= 11 is 0. The largest absolute Gasteiger partial charge is 0.496 e. The molecule has 1 N–H and O–H groups in total. The van der Waals surface area contributed by atoms with Gasteiger partial charge >= 0.3 is 0 Å². The molecule has 1 atom stereocenters. The molecule has 0 fully saturated rings. The van der Waals surface area contributed by atoms with Gasteiger partial charge in [-0.1, -0.05) is 6.07 Å². The molecule has 0 spiro atoms. The van der Waals surface area contributed by atoms with Crippen LogP contribution in [0.4, 0.5) is 23.2 Å². The summed E-state index contributed by atoms with van der Waals surface area (Å²) in [6, 6.07) is 4.72. The van der Waals surface area contributed by atoms with Crippen molar-refractivity contribution in [1.29, 1.82) is 0 Å². The molecule has 0 bridgehead atoms. The Morgan fingerprint density at radius 1 is 1.05 bits per heavy atom. The van der Waals surface area contributed by atoms with Crippen molar-refractivity contribution >= 4 is 5.69 Å². The van der Waals surface area contributed by atoms with Gasteiger partial charge in [0.15, 0.2) is 11.6 Å². The second kappa shape index (κ2) is 6.03. The Hall–Kier alpha value is -2.24. The van der Waals surface area contributed by atoms with Gasteiger partial charge in [-0.15, -0.1) is 0 Å². The fourth-order valence-corrected chi connectivity index (χ4v) is 2.08.